The van der Waals surface area contributed by atoms with Crippen LogP contribution in [0.15, 0.2) is 21.1 Å². The van der Waals surface area contributed by atoms with Gasteiger partial charge in [-0.2, -0.15) is 0 Å². The van der Waals surface area contributed by atoms with Gasteiger partial charge in [0.25, 0.3) is 7.38 Å². The van der Waals surface area contributed by atoms with Crippen LogP contribution in [0.25, 0.3) is 0 Å². The summed E-state index contributed by atoms with van der Waals surface area (Å²) in [5.41, 5.74) is 3.10. The third-order valence-corrected chi connectivity index (χ3v) is 15.9. The van der Waals surface area contributed by atoms with Crippen LogP contribution in [0.1, 0.15) is 22.3 Å². The molecule has 0 nitrogen and oxygen atoms in total. The van der Waals surface area contributed by atoms with Crippen LogP contribution in [0.4, 0.5) is 110 Å². The second-order valence-electron chi connectivity index (χ2n) is 13.3. The van der Waals surface area contributed by atoms with E-state index in [9.17, 15) is 110 Å². The number of rotatable bonds is 3. The van der Waals surface area contributed by atoms with E-state index in [1.54, 1.807) is 0 Å². The van der Waals surface area contributed by atoms with Gasteiger partial charge in [0.05, 0.1) is 4.47 Å². The molecule has 0 saturated heterocycles. The molecule has 6 rings (SSSR count). The number of benzene rings is 6. The van der Waals surface area contributed by atoms with Gasteiger partial charge in [-0.15, -0.1) is 11.1 Å². The third kappa shape index (κ3) is 10.6. The Morgan fingerprint density at radius 3 is 0.667 bits per heavy atom. The molecule has 6 aromatic carbocycles. The Labute approximate surface area is 390 Å². The summed E-state index contributed by atoms with van der Waals surface area (Å²) >= 11 is 11.4. The molecular formula is C40H14Br2ClF25Si. The normalized spacial score (nSPS) is 11.2. The molecule has 0 aliphatic rings. The van der Waals surface area contributed by atoms with Gasteiger partial charge in [0.2, 0.25) is 29.1 Å². The first kappa shape index (κ1) is 58.4. The lowest BCUT2D eigenvalue weighted by Crippen LogP contribution is -2.69. The summed E-state index contributed by atoms with van der Waals surface area (Å²) < 4.78 is 334. The standard InChI is InChI=1S/C18ClF15Si.C9H11Br.C7H3F5.C6BrF5/c19-35(16-10(29)4(23)1(20)5(24)11(16)30,17-12(31)6(25)2(21)7(26)13(17)32)18-14(33)8(27)3(22)9(28)15(18)34;1-6-4-7(2)9(10)8(3)5-6;1-2-3(8)5(10)7(12)6(11)4(2)9;7-1-2(8)4(10)6(12)5(11)3(1)9/h;4-5H,1-3H3;1H3;. The van der Waals surface area contributed by atoms with Crippen LogP contribution in [0.5, 0.6) is 0 Å². The molecule has 0 aromatic heterocycles. The van der Waals surface area contributed by atoms with Gasteiger partial charge in [0, 0.05) is 25.6 Å². The van der Waals surface area contributed by atoms with Crippen LogP contribution in [-0.4, -0.2) is 7.38 Å². The van der Waals surface area contributed by atoms with Crippen molar-refractivity contribution in [2.75, 3.05) is 0 Å². The molecule has 0 heterocycles. The van der Waals surface area contributed by atoms with E-state index < -0.39 is 178 Å². The lowest BCUT2D eigenvalue weighted by molar-refractivity contribution is 0.373. The summed E-state index contributed by atoms with van der Waals surface area (Å²) in [5.74, 6) is -65.5. The van der Waals surface area contributed by atoms with Crippen molar-refractivity contribution < 1.29 is 110 Å². The highest BCUT2D eigenvalue weighted by Gasteiger charge is 2.55. The molecule has 0 unspecified atom stereocenters. The van der Waals surface area contributed by atoms with E-state index in [1.807, 2.05) is 0 Å². The third-order valence-electron chi connectivity index (χ3n) is 8.83. The molecule has 69 heavy (non-hydrogen) atoms. The molecule has 0 saturated carbocycles. The molecule has 0 aliphatic carbocycles. The number of aryl methyl sites for hydroxylation is 3. The smallest absolute Gasteiger partial charge is 0.204 e. The first-order valence-corrected chi connectivity index (χ1v) is 21.8. The fraction of sp³-hybridized carbons (Fsp3) is 0.100. The van der Waals surface area contributed by atoms with Gasteiger partial charge in [-0.1, -0.05) is 33.6 Å². The molecule has 0 spiro atoms. The predicted octanol–water partition coefficient (Wildman–Crippen LogP) is 14.2. The van der Waals surface area contributed by atoms with E-state index in [2.05, 4.69) is 64.8 Å². The quantitative estimate of drug-likeness (QED) is 0.0414. The minimum Gasteiger partial charge on any atom is -0.204 e. The van der Waals surface area contributed by atoms with Crippen molar-refractivity contribution >= 4 is 65.9 Å². The molecule has 6 aromatic rings. The van der Waals surface area contributed by atoms with Crippen LogP contribution >= 0.6 is 42.9 Å². The highest BCUT2D eigenvalue weighted by Crippen LogP contribution is 2.31. The van der Waals surface area contributed by atoms with Crippen molar-refractivity contribution in [3.8, 4) is 0 Å². The predicted molar refractivity (Wildman–Crippen MR) is 202 cm³/mol. The van der Waals surface area contributed by atoms with Crippen LogP contribution in [0.3, 0.4) is 0 Å². The zero-order chi connectivity index (χ0) is 53.5. The summed E-state index contributed by atoms with van der Waals surface area (Å²) in [6.07, 6.45) is 0. The maximum absolute atomic E-state index is 14.6. The highest BCUT2D eigenvalue weighted by atomic mass is 79.9. The average molecular weight is 1190 g/mol. The summed E-state index contributed by atoms with van der Waals surface area (Å²) in [6, 6.07) is 4.36. The topological polar surface area (TPSA) is 0 Å². The van der Waals surface area contributed by atoms with E-state index in [0.717, 1.165) is 6.92 Å². The number of halogens is 28. The second kappa shape index (κ2) is 22.0. The Kier molecular flexibility index (Phi) is 18.6. The minimum absolute atomic E-state index is 0.816. The Bertz CT molecular complexity index is 2500. The number of hydrogen-bond acceptors (Lipinski definition) is 0. The molecule has 0 fully saturated rings. The lowest BCUT2D eigenvalue weighted by atomic mass is 10.1. The van der Waals surface area contributed by atoms with Gasteiger partial charge >= 0.3 is 0 Å². The molecule has 0 radical (unpaired) electrons. The van der Waals surface area contributed by atoms with Gasteiger partial charge in [-0.3, -0.25) is 0 Å². The second-order valence-corrected chi connectivity index (χ2v) is 19.4. The Morgan fingerprint density at radius 1 is 0.275 bits per heavy atom. The summed E-state index contributed by atoms with van der Waals surface area (Å²) in [6.45, 7) is 7.16. The minimum atomic E-state index is -7.12. The summed E-state index contributed by atoms with van der Waals surface area (Å²) in [7, 11) is -7.12. The van der Waals surface area contributed by atoms with E-state index >= 15 is 0 Å². The van der Waals surface area contributed by atoms with E-state index in [1.165, 1.54) is 21.2 Å². The largest absolute Gasteiger partial charge is 0.266 e. The van der Waals surface area contributed by atoms with E-state index in [-0.39, 0.29) is 0 Å². The molecule has 0 bridgehead atoms. The molecule has 0 aliphatic heterocycles. The Morgan fingerprint density at radius 2 is 0.449 bits per heavy atom. The van der Waals surface area contributed by atoms with Gasteiger partial charge in [0.15, 0.2) is 116 Å². The monoisotopic (exact) mass is 1190 g/mol. The molecular weight excluding hydrogens is 1180 g/mol. The molecule has 374 valence electrons. The maximum Gasteiger partial charge on any atom is 0.266 e. The van der Waals surface area contributed by atoms with Crippen molar-refractivity contribution in [1.29, 1.82) is 0 Å². The van der Waals surface area contributed by atoms with Crippen molar-refractivity contribution in [3.63, 3.8) is 0 Å². The fourth-order valence-corrected chi connectivity index (χ4v) is 10.8. The van der Waals surface area contributed by atoms with Gasteiger partial charge in [0.1, 0.15) is 0 Å². The highest BCUT2D eigenvalue weighted by molar-refractivity contribution is 9.10. The van der Waals surface area contributed by atoms with Crippen molar-refractivity contribution in [1.82, 2.24) is 0 Å². The fourth-order valence-electron chi connectivity index (χ4n) is 5.55. The summed E-state index contributed by atoms with van der Waals surface area (Å²) in [5, 5.41) is -8.37. The Balaban J connectivity index is 0.000000298. The van der Waals surface area contributed by atoms with E-state index in [4.69, 9.17) is 11.1 Å². The molecule has 0 amide bonds. The van der Waals surface area contributed by atoms with Crippen LogP contribution < -0.4 is 15.6 Å². The van der Waals surface area contributed by atoms with Gasteiger partial charge in [-0.25, -0.2) is 110 Å². The number of hydrogen-bond donors (Lipinski definition) is 0. The van der Waals surface area contributed by atoms with Crippen molar-refractivity contribution in [3.05, 3.63) is 189 Å². The molecule has 29 heteroatoms. The first-order chi connectivity index (χ1) is 31.6. The van der Waals surface area contributed by atoms with Crippen LogP contribution in [0, 0.1) is 173 Å². The summed E-state index contributed by atoms with van der Waals surface area (Å²) in [4.78, 5) is 0. The average Bonchev–Trinajstić information content (AvgIpc) is 3.31. The first-order valence-electron chi connectivity index (χ1n) is 17.2. The zero-order valence-corrected chi connectivity index (χ0v) is 38.2. The van der Waals surface area contributed by atoms with Gasteiger partial charge in [-0.05, 0) is 54.8 Å². The maximum atomic E-state index is 14.6. The van der Waals surface area contributed by atoms with Crippen LogP contribution in [0.2, 0.25) is 0 Å². The van der Waals surface area contributed by atoms with Crippen molar-refractivity contribution in [2.24, 2.45) is 0 Å². The van der Waals surface area contributed by atoms with Crippen LogP contribution in [-0.2, 0) is 0 Å². The van der Waals surface area contributed by atoms with Gasteiger partial charge < -0.3 is 0 Å². The van der Waals surface area contributed by atoms with Crippen molar-refractivity contribution in [2.45, 2.75) is 27.7 Å². The SMILES string of the molecule is Cc1c(F)c(F)c(F)c(F)c1F.Cc1cc(C)c(Br)c(C)c1.Fc1c(F)c(F)c(Br)c(F)c1F.Fc1c(F)c(F)c([Si](Cl)(c2c(F)c(F)c(F)c(F)c2F)c2c(F)c(F)c(F)c(F)c2F)c(F)c1F. The molecule has 0 N–H and O–H groups in total. The van der Waals surface area contributed by atoms with E-state index in [0.29, 0.717) is 0 Å². The Hall–Kier alpha value is -4.96. The zero-order valence-electron chi connectivity index (χ0n) is 33.2. The lowest BCUT2D eigenvalue weighted by Gasteiger charge is -2.29. The molecule has 0 atom stereocenters.